The number of thiazole rings is 1. The Morgan fingerprint density at radius 2 is 1.95 bits per heavy atom. The fourth-order valence-electron chi connectivity index (χ4n) is 1.91. The van der Waals surface area contributed by atoms with Crippen LogP contribution in [0.3, 0.4) is 0 Å². The molecule has 0 aliphatic rings. The molecule has 0 atom stereocenters. The molecule has 0 saturated heterocycles. The van der Waals surface area contributed by atoms with Gasteiger partial charge in [0.15, 0.2) is 0 Å². The lowest BCUT2D eigenvalue weighted by atomic mass is 10.2. The van der Waals surface area contributed by atoms with E-state index in [1.165, 1.54) is 11.3 Å². The van der Waals surface area contributed by atoms with E-state index >= 15 is 0 Å². The highest BCUT2D eigenvalue weighted by Gasteiger charge is 2.15. The smallest absolute Gasteiger partial charge is 0.124 e. The van der Waals surface area contributed by atoms with Crippen LogP contribution in [0.25, 0.3) is 21.1 Å². The Hall–Kier alpha value is -1.98. The first-order valence-electron chi connectivity index (χ1n) is 6.03. The van der Waals surface area contributed by atoms with E-state index in [9.17, 15) is 9.90 Å². The van der Waals surface area contributed by atoms with Crippen molar-refractivity contribution in [3.8, 4) is 21.1 Å². The van der Waals surface area contributed by atoms with Crippen molar-refractivity contribution in [3.63, 3.8) is 0 Å². The fourth-order valence-corrected chi connectivity index (χ4v) is 3.79. The number of nitrogens with zero attached hydrogens (tertiary/aromatic N) is 1. The van der Waals surface area contributed by atoms with E-state index in [0.29, 0.717) is 0 Å². The van der Waals surface area contributed by atoms with Crippen LogP contribution in [0.5, 0.6) is 0 Å². The number of aromatic nitrogens is 1. The lowest BCUT2D eigenvalue weighted by molar-refractivity contribution is -0.304. The summed E-state index contributed by atoms with van der Waals surface area (Å²) in [7, 11) is 0. The van der Waals surface area contributed by atoms with E-state index in [4.69, 9.17) is 0 Å². The molecule has 2 heterocycles. The highest BCUT2D eigenvalue weighted by molar-refractivity contribution is 7.17. The Morgan fingerprint density at radius 3 is 2.60 bits per heavy atom. The van der Waals surface area contributed by atoms with E-state index in [0.717, 1.165) is 26.0 Å². The van der Waals surface area contributed by atoms with Crippen LogP contribution in [0, 0.1) is 0 Å². The largest absolute Gasteiger partial charge is 0.550 e. The molecule has 0 radical (unpaired) electrons. The number of hydrogen-bond acceptors (Lipinski definition) is 5. The summed E-state index contributed by atoms with van der Waals surface area (Å²) in [5.74, 6) is -1.08. The van der Waals surface area contributed by atoms with E-state index in [-0.39, 0.29) is 6.42 Å². The number of hydrogen-bond donors (Lipinski definition) is 0. The summed E-state index contributed by atoms with van der Waals surface area (Å²) in [6.45, 7) is 0. The quantitative estimate of drug-likeness (QED) is 0.744. The second-order valence-electron chi connectivity index (χ2n) is 4.18. The van der Waals surface area contributed by atoms with Gasteiger partial charge in [-0.3, -0.25) is 0 Å². The maximum atomic E-state index is 10.9. The highest BCUT2D eigenvalue weighted by Crippen LogP contribution is 2.35. The molecule has 0 aliphatic carbocycles. The Kier molecular flexibility index (Phi) is 3.62. The average Bonchev–Trinajstić information content (AvgIpc) is 3.08. The van der Waals surface area contributed by atoms with E-state index in [1.807, 2.05) is 47.8 Å². The first-order valence-corrected chi connectivity index (χ1v) is 7.72. The second-order valence-corrected chi connectivity index (χ2v) is 6.21. The molecule has 100 valence electrons. The lowest BCUT2D eigenvalue weighted by Crippen LogP contribution is -2.24. The third-order valence-corrected chi connectivity index (χ3v) is 4.76. The highest BCUT2D eigenvalue weighted by atomic mass is 32.1. The van der Waals surface area contributed by atoms with Gasteiger partial charge in [-0.2, -0.15) is 0 Å². The van der Waals surface area contributed by atoms with Crippen molar-refractivity contribution in [3.05, 3.63) is 52.7 Å². The minimum absolute atomic E-state index is 0.0995. The minimum atomic E-state index is -1.08. The number of thiophene rings is 1. The third-order valence-electron chi connectivity index (χ3n) is 2.78. The van der Waals surface area contributed by atoms with E-state index in [1.54, 1.807) is 11.3 Å². The number of carboxylic acids is 1. The standard InChI is InChI=1S/C15H11NO2S2/c17-13(18)9-12-14(11-7-4-8-19-11)16-15(20-12)10-5-2-1-3-6-10/h1-8H,9H2,(H,17,18)/p-1. The molecule has 1 aromatic carbocycles. The van der Waals surface area contributed by atoms with Crippen molar-refractivity contribution in [1.82, 2.24) is 4.98 Å². The van der Waals surface area contributed by atoms with Crippen LogP contribution in [0.15, 0.2) is 47.8 Å². The van der Waals surface area contributed by atoms with Crippen molar-refractivity contribution in [2.75, 3.05) is 0 Å². The third kappa shape index (κ3) is 2.64. The summed E-state index contributed by atoms with van der Waals surface area (Å²) in [4.78, 5) is 17.2. The number of benzene rings is 1. The van der Waals surface area contributed by atoms with Crippen LogP contribution in [0.2, 0.25) is 0 Å². The Morgan fingerprint density at radius 1 is 1.15 bits per heavy atom. The number of carbonyl (C=O) groups excluding carboxylic acids is 1. The van der Waals surface area contributed by atoms with Crippen molar-refractivity contribution in [2.45, 2.75) is 6.42 Å². The molecule has 0 bridgehead atoms. The topological polar surface area (TPSA) is 53.0 Å². The molecule has 0 unspecified atom stereocenters. The minimum Gasteiger partial charge on any atom is -0.550 e. The first-order chi connectivity index (χ1) is 9.74. The molecule has 0 amide bonds. The van der Waals surface area contributed by atoms with Gasteiger partial charge < -0.3 is 9.90 Å². The van der Waals surface area contributed by atoms with Crippen molar-refractivity contribution in [1.29, 1.82) is 0 Å². The van der Waals surface area contributed by atoms with Gasteiger partial charge in [-0.1, -0.05) is 36.4 Å². The predicted octanol–water partition coefficient (Wildman–Crippen LogP) is 2.83. The molecule has 0 fully saturated rings. The molecule has 2 aromatic heterocycles. The molecule has 0 spiro atoms. The number of carbonyl (C=O) groups is 1. The Bertz CT molecular complexity index is 718. The molecule has 5 heteroatoms. The number of carboxylic acid groups (broad SMARTS) is 1. The van der Waals surface area contributed by atoms with Gasteiger partial charge in [0.05, 0.1) is 10.6 Å². The van der Waals surface area contributed by atoms with Crippen molar-refractivity contribution < 1.29 is 9.90 Å². The van der Waals surface area contributed by atoms with Gasteiger partial charge in [-0.25, -0.2) is 4.98 Å². The van der Waals surface area contributed by atoms with Gasteiger partial charge in [0.1, 0.15) is 5.01 Å². The molecule has 3 rings (SSSR count). The molecule has 0 aliphatic heterocycles. The fraction of sp³-hybridized carbons (Fsp3) is 0.0667. The zero-order valence-electron chi connectivity index (χ0n) is 10.4. The van der Waals surface area contributed by atoms with Gasteiger partial charge in [0, 0.05) is 22.8 Å². The zero-order valence-corrected chi connectivity index (χ0v) is 12.0. The lowest BCUT2D eigenvalue weighted by Gasteiger charge is -2.00. The van der Waals surface area contributed by atoms with Gasteiger partial charge in [0.2, 0.25) is 0 Å². The van der Waals surface area contributed by atoms with Gasteiger partial charge >= 0.3 is 0 Å². The molecular weight excluding hydrogens is 290 g/mol. The van der Waals surface area contributed by atoms with Gasteiger partial charge in [-0.05, 0) is 11.4 Å². The van der Waals surface area contributed by atoms with E-state index < -0.39 is 5.97 Å². The van der Waals surface area contributed by atoms with Crippen LogP contribution in [0.1, 0.15) is 4.88 Å². The Labute approximate surface area is 124 Å². The van der Waals surface area contributed by atoms with Crippen molar-refractivity contribution in [2.24, 2.45) is 0 Å². The normalized spacial score (nSPS) is 10.6. The number of rotatable bonds is 4. The maximum Gasteiger partial charge on any atom is 0.124 e. The second kappa shape index (κ2) is 5.56. The number of aliphatic carboxylic acids is 1. The Balaban J connectivity index is 2.08. The molecular formula is C15H10NO2S2-. The zero-order chi connectivity index (χ0) is 13.9. The summed E-state index contributed by atoms with van der Waals surface area (Å²) in [6, 6.07) is 13.7. The first kappa shape index (κ1) is 13.0. The summed E-state index contributed by atoms with van der Waals surface area (Å²) < 4.78 is 0. The average molecular weight is 300 g/mol. The van der Waals surface area contributed by atoms with Crippen LogP contribution in [-0.2, 0) is 11.2 Å². The van der Waals surface area contributed by atoms with E-state index in [2.05, 4.69) is 4.98 Å². The molecule has 3 nitrogen and oxygen atoms in total. The summed E-state index contributed by atoms with van der Waals surface area (Å²) in [5, 5.41) is 13.7. The maximum absolute atomic E-state index is 10.9. The van der Waals surface area contributed by atoms with Gasteiger partial charge in [-0.15, -0.1) is 22.7 Å². The molecule has 0 saturated carbocycles. The molecule has 20 heavy (non-hydrogen) atoms. The SMILES string of the molecule is O=C([O-])Cc1sc(-c2ccccc2)nc1-c1cccs1. The monoisotopic (exact) mass is 300 g/mol. The molecule has 3 aromatic rings. The molecule has 0 N–H and O–H groups in total. The van der Waals surface area contributed by atoms with Crippen molar-refractivity contribution >= 4 is 28.6 Å². The predicted molar refractivity (Wildman–Crippen MR) is 79.6 cm³/mol. The summed E-state index contributed by atoms with van der Waals surface area (Å²) in [6.07, 6.45) is -0.0995. The van der Waals surface area contributed by atoms with Crippen LogP contribution < -0.4 is 5.11 Å². The summed E-state index contributed by atoms with van der Waals surface area (Å²) >= 11 is 2.97. The van der Waals surface area contributed by atoms with Crippen LogP contribution >= 0.6 is 22.7 Å². The van der Waals surface area contributed by atoms with Crippen LogP contribution in [-0.4, -0.2) is 11.0 Å². The van der Waals surface area contributed by atoms with Crippen LogP contribution in [0.4, 0.5) is 0 Å². The summed E-state index contributed by atoms with van der Waals surface area (Å²) in [5.41, 5.74) is 1.76. The van der Waals surface area contributed by atoms with Gasteiger partial charge in [0.25, 0.3) is 0 Å².